The highest BCUT2D eigenvalue weighted by Gasteiger charge is 2.10. The molecule has 0 unspecified atom stereocenters. The Balaban J connectivity index is 2.39. The monoisotopic (exact) mass is 301 g/mol. The second-order valence-electron chi connectivity index (χ2n) is 4.74. The summed E-state index contributed by atoms with van der Waals surface area (Å²) >= 11 is 0. The van der Waals surface area contributed by atoms with Crippen LogP contribution in [0.25, 0.3) is 12.2 Å². The minimum Gasteiger partial charge on any atom is -0.504 e. The summed E-state index contributed by atoms with van der Waals surface area (Å²) in [5.41, 5.74) is 1.32. The number of hydrogen-bond acceptors (Lipinski definition) is 5. The molecule has 116 valence electrons. The van der Waals surface area contributed by atoms with Crippen LogP contribution in [0.5, 0.6) is 11.5 Å². The van der Waals surface area contributed by atoms with Crippen molar-refractivity contribution in [2.75, 3.05) is 18.0 Å². The summed E-state index contributed by atoms with van der Waals surface area (Å²) in [6.07, 6.45) is 4.52. The van der Waals surface area contributed by atoms with Crippen molar-refractivity contribution in [2.24, 2.45) is 0 Å². The van der Waals surface area contributed by atoms with Crippen LogP contribution in [-0.2, 0) is 0 Å². The Morgan fingerprint density at radius 1 is 1.05 bits per heavy atom. The molecule has 0 amide bonds. The lowest BCUT2D eigenvalue weighted by molar-refractivity contribution is 0.362. The highest BCUT2D eigenvalue weighted by molar-refractivity contribution is 5.78. The first-order chi connectivity index (χ1) is 10.6. The van der Waals surface area contributed by atoms with Crippen LogP contribution >= 0.6 is 0 Å². The van der Waals surface area contributed by atoms with Gasteiger partial charge < -0.3 is 19.5 Å². The summed E-state index contributed by atoms with van der Waals surface area (Å²) in [5, 5.41) is 19.2. The zero-order chi connectivity index (χ0) is 16.1. The van der Waals surface area contributed by atoms with E-state index in [0.29, 0.717) is 0 Å². The van der Waals surface area contributed by atoms with Gasteiger partial charge >= 0.3 is 5.63 Å². The molecule has 0 aliphatic carbocycles. The van der Waals surface area contributed by atoms with Gasteiger partial charge in [0, 0.05) is 18.8 Å². The Labute approximate surface area is 128 Å². The Hall–Kier alpha value is -2.69. The molecule has 2 N–H and O–H groups in total. The third-order valence-electron chi connectivity index (χ3n) is 3.47. The number of benzene rings is 1. The summed E-state index contributed by atoms with van der Waals surface area (Å²) in [6, 6.07) is 7.88. The molecule has 1 aromatic heterocycles. The highest BCUT2D eigenvalue weighted by atomic mass is 16.4. The van der Waals surface area contributed by atoms with Crippen molar-refractivity contribution in [2.45, 2.75) is 13.8 Å². The molecule has 1 aromatic carbocycles. The summed E-state index contributed by atoms with van der Waals surface area (Å²) in [6.45, 7) is 5.93. The first-order valence-corrected chi connectivity index (χ1v) is 7.14. The first kappa shape index (κ1) is 15.7. The molecule has 0 atom stereocenters. The molecule has 5 nitrogen and oxygen atoms in total. The van der Waals surface area contributed by atoms with Crippen LogP contribution in [-0.4, -0.2) is 23.3 Å². The molecule has 0 saturated carbocycles. The van der Waals surface area contributed by atoms with Gasteiger partial charge in [0.25, 0.3) is 0 Å². The Bertz CT molecular complexity index is 730. The van der Waals surface area contributed by atoms with Crippen LogP contribution in [0.3, 0.4) is 0 Å². The molecule has 22 heavy (non-hydrogen) atoms. The average Bonchev–Trinajstić information content (AvgIpc) is 2.54. The minimum atomic E-state index is -0.960. The number of anilines is 1. The van der Waals surface area contributed by atoms with Crippen molar-refractivity contribution in [3.8, 4) is 11.5 Å². The molecule has 2 rings (SSSR count). The number of rotatable bonds is 5. The largest absolute Gasteiger partial charge is 0.504 e. The molecule has 0 radical (unpaired) electrons. The van der Waals surface area contributed by atoms with Gasteiger partial charge in [0.2, 0.25) is 5.75 Å². The molecule has 5 heteroatoms. The van der Waals surface area contributed by atoms with Crippen molar-refractivity contribution >= 4 is 17.8 Å². The third kappa shape index (κ3) is 3.14. The van der Waals surface area contributed by atoms with Crippen molar-refractivity contribution in [1.82, 2.24) is 0 Å². The maximum Gasteiger partial charge on any atom is 0.382 e. The Morgan fingerprint density at radius 3 is 2.36 bits per heavy atom. The standard InChI is InChI=1S/C17H19NO4/c1-3-18(4-2)14-8-6-5-7-12(14)9-10-13-11-22-17(21)16(20)15(13)19/h5-11,19-20H,3-4H2,1-2H3/b10-9+. The summed E-state index contributed by atoms with van der Waals surface area (Å²) in [4.78, 5) is 13.3. The summed E-state index contributed by atoms with van der Waals surface area (Å²) in [5.74, 6) is -1.26. The van der Waals surface area contributed by atoms with Crippen molar-refractivity contribution < 1.29 is 14.6 Å². The lowest BCUT2D eigenvalue weighted by Gasteiger charge is -2.23. The third-order valence-corrected chi connectivity index (χ3v) is 3.47. The molecule has 0 fully saturated rings. The van der Waals surface area contributed by atoms with E-state index in [1.54, 1.807) is 6.08 Å². The van der Waals surface area contributed by atoms with Crippen molar-refractivity contribution in [3.05, 3.63) is 52.1 Å². The molecule has 2 aromatic rings. The molecule has 1 heterocycles. The molecular weight excluding hydrogens is 282 g/mol. The summed E-state index contributed by atoms with van der Waals surface area (Å²) < 4.78 is 4.65. The van der Waals surface area contributed by atoms with Gasteiger partial charge in [-0.2, -0.15) is 0 Å². The van der Waals surface area contributed by atoms with E-state index in [1.165, 1.54) is 0 Å². The molecule has 0 saturated heterocycles. The molecule has 0 spiro atoms. The van der Waals surface area contributed by atoms with Crippen LogP contribution < -0.4 is 10.5 Å². The SMILES string of the molecule is CCN(CC)c1ccccc1/C=C/c1coc(=O)c(O)c1O. The second-order valence-corrected chi connectivity index (χ2v) is 4.74. The van der Waals surface area contributed by atoms with Crippen molar-refractivity contribution in [3.63, 3.8) is 0 Å². The zero-order valence-electron chi connectivity index (χ0n) is 12.6. The Kier molecular flexibility index (Phi) is 4.88. The zero-order valence-corrected chi connectivity index (χ0v) is 12.6. The van der Waals surface area contributed by atoms with Gasteiger partial charge in [-0.1, -0.05) is 24.3 Å². The predicted octanol–water partition coefficient (Wildman–Crippen LogP) is 3.07. The number of para-hydroxylation sites is 1. The van der Waals surface area contributed by atoms with Gasteiger partial charge in [0.05, 0.1) is 5.56 Å². The molecule has 0 aliphatic rings. The lowest BCUT2D eigenvalue weighted by Crippen LogP contribution is -2.22. The van der Waals surface area contributed by atoms with E-state index in [2.05, 4.69) is 23.2 Å². The number of nitrogens with zero attached hydrogens (tertiary/aromatic N) is 1. The molecular formula is C17H19NO4. The maximum absolute atomic E-state index is 11.1. The van der Waals surface area contributed by atoms with Gasteiger partial charge in [-0.15, -0.1) is 0 Å². The van der Waals surface area contributed by atoms with E-state index >= 15 is 0 Å². The normalized spacial score (nSPS) is 11.0. The van der Waals surface area contributed by atoms with Crippen LogP contribution in [0, 0.1) is 0 Å². The quantitative estimate of drug-likeness (QED) is 0.888. The number of aromatic hydroxyl groups is 2. The Morgan fingerprint density at radius 2 is 1.68 bits per heavy atom. The van der Waals surface area contributed by atoms with Gasteiger partial charge in [0.15, 0.2) is 5.75 Å². The maximum atomic E-state index is 11.1. The fourth-order valence-electron chi connectivity index (χ4n) is 2.24. The van der Waals surface area contributed by atoms with Crippen molar-refractivity contribution in [1.29, 1.82) is 0 Å². The van der Waals surface area contributed by atoms with Crippen LogP contribution in [0.4, 0.5) is 5.69 Å². The average molecular weight is 301 g/mol. The van der Waals surface area contributed by atoms with Gasteiger partial charge in [-0.05, 0) is 31.6 Å². The fourth-order valence-corrected chi connectivity index (χ4v) is 2.24. The van der Waals surface area contributed by atoms with E-state index in [1.807, 2.05) is 30.3 Å². The van der Waals surface area contributed by atoms with E-state index in [9.17, 15) is 15.0 Å². The smallest absolute Gasteiger partial charge is 0.382 e. The predicted molar refractivity (Wildman–Crippen MR) is 87.2 cm³/mol. The second kappa shape index (κ2) is 6.85. The van der Waals surface area contributed by atoms with E-state index in [-0.39, 0.29) is 5.56 Å². The van der Waals surface area contributed by atoms with Crippen LogP contribution in [0.2, 0.25) is 0 Å². The summed E-state index contributed by atoms with van der Waals surface area (Å²) in [7, 11) is 0. The molecule has 0 bridgehead atoms. The highest BCUT2D eigenvalue weighted by Crippen LogP contribution is 2.28. The van der Waals surface area contributed by atoms with Gasteiger partial charge in [0.1, 0.15) is 6.26 Å². The fraction of sp³-hybridized carbons (Fsp3) is 0.235. The molecule has 0 aliphatic heterocycles. The number of hydrogen-bond donors (Lipinski definition) is 2. The van der Waals surface area contributed by atoms with Gasteiger partial charge in [-0.3, -0.25) is 0 Å². The van der Waals surface area contributed by atoms with E-state index in [4.69, 9.17) is 0 Å². The van der Waals surface area contributed by atoms with E-state index in [0.717, 1.165) is 30.6 Å². The minimum absolute atomic E-state index is 0.242. The topological polar surface area (TPSA) is 73.9 Å². The first-order valence-electron chi connectivity index (χ1n) is 7.14. The van der Waals surface area contributed by atoms with Crippen LogP contribution in [0.15, 0.2) is 39.7 Å². The van der Waals surface area contributed by atoms with Gasteiger partial charge in [-0.25, -0.2) is 4.79 Å². The lowest BCUT2D eigenvalue weighted by atomic mass is 10.1. The van der Waals surface area contributed by atoms with E-state index < -0.39 is 17.1 Å². The van der Waals surface area contributed by atoms with Crippen LogP contribution in [0.1, 0.15) is 25.0 Å².